The van der Waals surface area contributed by atoms with Crippen LogP contribution in [0.25, 0.3) is 0 Å². The van der Waals surface area contributed by atoms with Gasteiger partial charge in [-0.05, 0) is 31.6 Å². The minimum absolute atomic E-state index is 0.0662. The van der Waals surface area contributed by atoms with Crippen LogP contribution in [0.3, 0.4) is 0 Å². The number of hydrogen-bond acceptors (Lipinski definition) is 3. The molecule has 2 atom stereocenters. The van der Waals surface area contributed by atoms with E-state index in [0.29, 0.717) is 25.1 Å². The van der Waals surface area contributed by atoms with Gasteiger partial charge < -0.3 is 15.4 Å². The average Bonchev–Trinajstić information content (AvgIpc) is 3.11. The normalized spacial score (nSPS) is 19.2. The van der Waals surface area contributed by atoms with Crippen molar-refractivity contribution in [1.82, 2.24) is 4.90 Å². The van der Waals surface area contributed by atoms with E-state index in [-0.39, 0.29) is 11.8 Å². The van der Waals surface area contributed by atoms with Gasteiger partial charge in [-0.3, -0.25) is 4.79 Å². The molecule has 0 radical (unpaired) electrons. The molecule has 1 fully saturated rings. The molecule has 4 heteroatoms. The zero-order valence-electron chi connectivity index (χ0n) is 11.5. The minimum atomic E-state index is -0.395. The van der Waals surface area contributed by atoms with Crippen LogP contribution in [0.1, 0.15) is 33.6 Å². The number of carbonyl (C=O) groups is 1. The van der Waals surface area contributed by atoms with Crippen molar-refractivity contribution in [1.29, 1.82) is 0 Å². The summed E-state index contributed by atoms with van der Waals surface area (Å²) >= 11 is 0. The number of nitrogens with zero attached hydrogens (tertiary/aromatic N) is 1. The van der Waals surface area contributed by atoms with Gasteiger partial charge in [0.05, 0.1) is 12.6 Å². The summed E-state index contributed by atoms with van der Waals surface area (Å²) in [6.07, 6.45) is 2.46. The number of nitrogens with two attached hydrogens (primary N) is 1. The molecule has 0 spiro atoms. The van der Waals surface area contributed by atoms with Crippen LogP contribution in [0.5, 0.6) is 0 Å². The van der Waals surface area contributed by atoms with Crippen LogP contribution in [-0.2, 0) is 9.53 Å². The molecule has 0 aromatic rings. The molecule has 4 nitrogen and oxygen atoms in total. The first-order valence-corrected chi connectivity index (χ1v) is 6.54. The first kappa shape index (κ1) is 14.5. The fourth-order valence-electron chi connectivity index (χ4n) is 2.01. The molecule has 1 rings (SSSR count). The van der Waals surface area contributed by atoms with Gasteiger partial charge in [-0.1, -0.05) is 13.8 Å². The number of carbonyl (C=O) groups excluding carboxylic acids is 1. The molecule has 1 saturated carbocycles. The van der Waals surface area contributed by atoms with Crippen LogP contribution in [0.15, 0.2) is 0 Å². The Hall–Kier alpha value is -0.610. The molecule has 0 aliphatic heterocycles. The Balaban J connectivity index is 2.63. The third kappa shape index (κ3) is 3.96. The molecule has 0 saturated heterocycles. The van der Waals surface area contributed by atoms with Crippen LogP contribution in [-0.4, -0.2) is 43.2 Å². The van der Waals surface area contributed by atoms with Crippen LogP contribution >= 0.6 is 0 Å². The maximum absolute atomic E-state index is 12.3. The zero-order valence-corrected chi connectivity index (χ0v) is 11.5. The smallest absolute Gasteiger partial charge is 0.240 e. The highest BCUT2D eigenvalue weighted by Crippen LogP contribution is 2.35. The van der Waals surface area contributed by atoms with Gasteiger partial charge in [-0.15, -0.1) is 0 Å². The fourth-order valence-corrected chi connectivity index (χ4v) is 2.01. The van der Waals surface area contributed by atoms with Gasteiger partial charge in [0.15, 0.2) is 0 Å². The molecule has 1 aliphatic carbocycles. The second kappa shape index (κ2) is 6.36. The second-order valence-corrected chi connectivity index (χ2v) is 5.37. The second-order valence-electron chi connectivity index (χ2n) is 5.37. The summed E-state index contributed by atoms with van der Waals surface area (Å²) < 4.78 is 5.08. The maximum atomic E-state index is 12.3. The molecule has 0 bridgehead atoms. The maximum Gasteiger partial charge on any atom is 0.240 e. The van der Waals surface area contributed by atoms with E-state index in [1.165, 1.54) is 12.8 Å². The van der Waals surface area contributed by atoms with Crippen LogP contribution in [0, 0.1) is 11.8 Å². The largest absolute Gasteiger partial charge is 0.383 e. The van der Waals surface area contributed by atoms with E-state index in [2.05, 4.69) is 6.92 Å². The van der Waals surface area contributed by atoms with Crippen molar-refractivity contribution < 1.29 is 9.53 Å². The summed E-state index contributed by atoms with van der Waals surface area (Å²) in [6.45, 7) is 7.32. The summed E-state index contributed by atoms with van der Waals surface area (Å²) in [7, 11) is 1.66. The molecule has 1 amide bonds. The van der Waals surface area contributed by atoms with Gasteiger partial charge in [-0.2, -0.15) is 0 Å². The monoisotopic (exact) mass is 242 g/mol. The number of methoxy groups -OCH3 is 1. The third-order valence-electron chi connectivity index (χ3n) is 3.62. The first-order chi connectivity index (χ1) is 7.99. The first-order valence-electron chi connectivity index (χ1n) is 6.54. The Morgan fingerprint density at radius 2 is 2.00 bits per heavy atom. The van der Waals surface area contributed by atoms with Crippen LogP contribution in [0.2, 0.25) is 0 Å². The van der Waals surface area contributed by atoms with Gasteiger partial charge in [0.2, 0.25) is 5.91 Å². The van der Waals surface area contributed by atoms with Gasteiger partial charge >= 0.3 is 0 Å². The Bertz CT molecular complexity index is 252. The highest BCUT2D eigenvalue weighted by atomic mass is 16.5. The Kier molecular flexibility index (Phi) is 5.40. The van der Waals surface area contributed by atoms with Crippen molar-refractivity contribution in [3.05, 3.63) is 0 Å². The van der Waals surface area contributed by atoms with E-state index < -0.39 is 6.04 Å². The Labute approximate surface area is 104 Å². The molecular weight excluding hydrogens is 216 g/mol. The zero-order chi connectivity index (χ0) is 13.0. The summed E-state index contributed by atoms with van der Waals surface area (Å²) in [5.41, 5.74) is 5.96. The molecule has 2 N–H and O–H groups in total. The molecule has 1 unspecified atom stereocenters. The van der Waals surface area contributed by atoms with Gasteiger partial charge in [0, 0.05) is 19.7 Å². The molecular formula is C13H26N2O2. The van der Waals surface area contributed by atoms with Crippen LogP contribution < -0.4 is 5.73 Å². The molecule has 1 aliphatic rings. The van der Waals surface area contributed by atoms with Crippen LogP contribution in [0.4, 0.5) is 0 Å². The number of ether oxygens (including phenoxy) is 1. The van der Waals surface area contributed by atoms with Crippen molar-refractivity contribution in [3.8, 4) is 0 Å². The van der Waals surface area contributed by atoms with Crippen molar-refractivity contribution in [3.63, 3.8) is 0 Å². The number of hydrogen-bond donors (Lipinski definition) is 1. The predicted molar refractivity (Wildman–Crippen MR) is 68.6 cm³/mol. The lowest BCUT2D eigenvalue weighted by Crippen LogP contribution is -2.51. The van der Waals surface area contributed by atoms with E-state index in [4.69, 9.17) is 10.5 Å². The van der Waals surface area contributed by atoms with E-state index in [1.54, 1.807) is 7.11 Å². The predicted octanol–water partition coefficient (Wildman–Crippen LogP) is 1.24. The molecule has 0 heterocycles. The number of amides is 1. The van der Waals surface area contributed by atoms with E-state index >= 15 is 0 Å². The minimum Gasteiger partial charge on any atom is -0.383 e. The average molecular weight is 242 g/mol. The number of rotatable bonds is 7. The summed E-state index contributed by atoms with van der Waals surface area (Å²) in [5, 5.41) is 0. The quantitative estimate of drug-likeness (QED) is 0.731. The standard InChI is InChI=1S/C13H26N2O2/c1-9(2)12(14)13(16)15(7-8-17-4)10(3)11-5-6-11/h9-12H,5-8,14H2,1-4H3/t10?,12-/m1/s1. The van der Waals surface area contributed by atoms with Crippen molar-refractivity contribution in [2.45, 2.75) is 45.7 Å². The highest BCUT2D eigenvalue weighted by Gasteiger charge is 2.36. The molecule has 0 aromatic carbocycles. The lowest BCUT2D eigenvalue weighted by molar-refractivity contribution is -0.136. The Morgan fingerprint density at radius 1 is 1.41 bits per heavy atom. The van der Waals surface area contributed by atoms with E-state index in [1.807, 2.05) is 18.7 Å². The van der Waals surface area contributed by atoms with Gasteiger partial charge in [-0.25, -0.2) is 0 Å². The Morgan fingerprint density at radius 3 is 2.41 bits per heavy atom. The van der Waals surface area contributed by atoms with E-state index in [0.717, 1.165) is 0 Å². The van der Waals surface area contributed by atoms with Crippen molar-refractivity contribution in [2.75, 3.05) is 20.3 Å². The third-order valence-corrected chi connectivity index (χ3v) is 3.62. The summed E-state index contributed by atoms with van der Waals surface area (Å²) in [4.78, 5) is 14.2. The summed E-state index contributed by atoms with van der Waals surface area (Å²) in [5.74, 6) is 0.908. The molecule has 100 valence electrons. The van der Waals surface area contributed by atoms with Crippen molar-refractivity contribution in [2.24, 2.45) is 17.6 Å². The van der Waals surface area contributed by atoms with Crippen molar-refractivity contribution >= 4 is 5.91 Å². The van der Waals surface area contributed by atoms with Gasteiger partial charge in [0.25, 0.3) is 0 Å². The topological polar surface area (TPSA) is 55.6 Å². The molecule has 17 heavy (non-hydrogen) atoms. The highest BCUT2D eigenvalue weighted by molar-refractivity contribution is 5.82. The lowest BCUT2D eigenvalue weighted by Gasteiger charge is -2.32. The lowest BCUT2D eigenvalue weighted by atomic mass is 10.0. The van der Waals surface area contributed by atoms with Gasteiger partial charge in [0.1, 0.15) is 0 Å². The fraction of sp³-hybridized carbons (Fsp3) is 0.923. The van der Waals surface area contributed by atoms with E-state index in [9.17, 15) is 4.79 Å². The summed E-state index contributed by atoms with van der Waals surface area (Å²) in [6, 6.07) is -0.101. The SMILES string of the molecule is COCCN(C(=O)[C@H](N)C(C)C)C(C)C1CC1. The molecule has 0 aromatic heterocycles.